The number of thioether (sulfide) groups is 1. The average Bonchev–Trinajstić information content (AvgIpc) is 3.38. The first kappa shape index (κ1) is 32.7. The summed E-state index contributed by atoms with van der Waals surface area (Å²) in [6.45, 7) is 5.57. The molecule has 0 bridgehead atoms. The number of nitrogens with one attached hydrogen (secondary N) is 1. The average molecular weight is 656 g/mol. The molecule has 6 rings (SSSR count). The number of rotatable bonds is 9. The lowest BCUT2D eigenvalue weighted by Gasteiger charge is -2.47. The van der Waals surface area contributed by atoms with E-state index in [4.69, 9.17) is 27.1 Å². The number of likely N-dealkylation sites (N-methyl/N-ethyl adjacent to an activating group) is 1. The molecule has 12 heteroatoms. The molecule has 4 fully saturated rings. The highest BCUT2D eigenvalue weighted by molar-refractivity contribution is 8.00. The summed E-state index contributed by atoms with van der Waals surface area (Å²) in [6.07, 6.45) is 5.88. The minimum atomic E-state index is -2.51. The van der Waals surface area contributed by atoms with E-state index in [1.165, 1.54) is 0 Å². The maximum Gasteiger partial charge on any atom is 0.257 e. The zero-order valence-corrected chi connectivity index (χ0v) is 27.7. The van der Waals surface area contributed by atoms with Crippen LogP contribution in [-0.4, -0.2) is 87.1 Å². The Morgan fingerprint density at radius 2 is 2.02 bits per heavy atom. The number of amides is 1. The van der Waals surface area contributed by atoms with Gasteiger partial charge in [0.2, 0.25) is 11.8 Å². The highest BCUT2D eigenvalue weighted by Crippen LogP contribution is 2.48. The van der Waals surface area contributed by atoms with E-state index in [0.717, 1.165) is 55.5 Å². The van der Waals surface area contributed by atoms with Crippen LogP contribution >= 0.6 is 23.4 Å². The summed E-state index contributed by atoms with van der Waals surface area (Å²) in [5, 5.41) is 4.08. The van der Waals surface area contributed by atoms with Crippen LogP contribution in [0.4, 0.5) is 8.78 Å². The number of piperidine rings is 1. The molecule has 2 aliphatic heterocycles. The van der Waals surface area contributed by atoms with E-state index in [0.29, 0.717) is 49.2 Å². The van der Waals surface area contributed by atoms with Gasteiger partial charge in [-0.25, -0.2) is 13.8 Å². The maximum absolute atomic E-state index is 13.7. The van der Waals surface area contributed by atoms with Gasteiger partial charge < -0.3 is 20.7 Å². The second-order valence-electron chi connectivity index (χ2n) is 14.3. The Kier molecular flexibility index (Phi) is 9.72. The number of primary amides is 1. The predicted octanol–water partition coefficient (Wildman–Crippen LogP) is 3.76. The van der Waals surface area contributed by atoms with Crippen LogP contribution in [0.2, 0.25) is 0 Å². The van der Waals surface area contributed by atoms with Crippen molar-refractivity contribution in [2.24, 2.45) is 29.4 Å². The topological polar surface area (TPSA) is 102 Å². The van der Waals surface area contributed by atoms with E-state index < -0.39 is 5.92 Å². The van der Waals surface area contributed by atoms with E-state index in [-0.39, 0.29) is 65.6 Å². The zero-order chi connectivity index (χ0) is 31.3. The number of nitrogens with zero attached hydrogens (tertiary/aromatic N) is 3. The molecule has 8 nitrogen and oxygen atoms in total. The Morgan fingerprint density at radius 3 is 2.75 bits per heavy atom. The van der Waals surface area contributed by atoms with Crippen molar-refractivity contribution in [3.63, 3.8) is 0 Å². The highest BCUT2D eigenvalue weighted by Gasteiger charge is 2.51. The third kappa shape index (κ3) is 6.73. The lowest BCUT2D eigenvalue weighted by molar-refractivity contribution is -0.122. The number of ether oxygens (including phenoxy) is 1. The second-order valence-corrected chi connectivity index (χ2v) is 16.1. The number of carbonyl (C=O) groups is 1. The molecule has 2 saturated carbocycles. The van der Waals surface area contributed by atoms with Crippen molar-refractivity contribution in [3.05, 3.63) is 27.4 Å². The van der Waals surface area contributed by atoms with Crippen molar-refractivity contribution in [3.8, 4) is 0 Å². The van der Waals surface area contributed by atoms with E-state index in [2.05, 4.69) is 17.1 Å². The van der Waals surface area contributed by atoms with E-state index >= 15 is 0 Å². The minimum absolute atomic E-state index is 0.000245. The first-order valence-electron chi connectivity index (χ1n) is 16.5. The van der Waals surface area contributed by atoms with Gasteiger partial charge >= 0.3 is 0 Å². The van der Waals surface area contributed by atoms with Crippen LogP contribution in [0.5, 0.6) is 0 Å². The summed E-state index contributed by atoms with van der Waals surface area (Å²) < 4.78 is 35.1. The fraction of sp³-hybridized carbons (Fsp3) is 0.844. The molecule has 5 aliphatic rings. The SMILES string of the molecule is Cc1nc2c(c(=O)n1CCOC1CCC(Cl)CC1C1CC(C)NC3C(C(N)=O)CSC13)CC(N(C)CC1CC(F)(F)C1)CC2. The summed E-state index contributed by atoms with van der Waals surface area (Å²) in [6, 6.07) is 0.533. The smallest absolute Gasteiger partial charge is 0.257 e. The molecular formula is C32H48ClF2N5O3S. The molecule has 0 spiro atoms. The molecule has 2 saturated heterocycles. The van der Waals surface area contributed by atoms with Crippen molar-refractivity contribution >= 4 is 29.3 Å². The molecule has 9 atom stereocenters. The van der Waals surface area contributed by atoms with E-state index in [1.54, 1.807) is 4.57 Å². The van der Waals surface area contributed by atoms with Gasteiger partial charge in [-0.15, -0.1) is 11.6 Å². The van der Waals surface area contributed by atoms with Crippen LogP contribution in [0, 0.1) is 30.6 Å². The highest BCUT2D eigenvalue weighted by atomic mass is 35.5. The number of aryl methyl sites for hydroxylation is 2. The molecule has 0 aromatic carbocycles. The number of hydrogen-bond acceptors (Lipinski definition) is 7. The Labute approximate surface area is 268 Å². The number of halogens is 3. The molecule has 3 N–H and O–H groups in total. The number of alkyl halides is 3. The van der Waals surface area contributed by atoms with Crippen molar-refractivity contribution < 1.29 is 18.3 Å². The van der Waals surface area contributed by atoms with Gasteiger partial charge in [0.05, 0.1) is 30.9 Å². The lowest BCUT2D eigenvalue weighted by atomic mass is 9.70. The molecule has 9 unspecified atom stereocenters. The van der Waals surface area contributed by atoms with Crippen LogP contribution in [0.15, 0.2) is 4.79 Å². The summed E-state index contributed by atoms with van der Waals surface area (Å²) in [5.41, 5.74) is 7.41. The molecule has 246 valence electrons. The van der Waals surface area contributed by atoms with Crippen LogP contribution in [-0.2, 0) is 28.9 Å². The molecule has 1 aromatic heterocycles. The first-order chi connectivity index (χ1) is 20.9. The first-order valence-corrected chi connectivity index (χ1v) is 18.0. The largest absolute Gasteiger partial charge is 0.376 e. The summed E-state index contributed by atoms with van der Waals surface area (Å²) >= 11 is 8.60. The maximum atomic E-state index is 13.7. The molecule has 44 heavy (non-hydrogen) atoms. The number of nitrogens with two attached hydrogens (primary N) is 1. The Balaban J connectivity index is 1.11. The van der Waals surface area contributed by atoms with Gasteiger partial charge in [-0.1, -0.05) is 0 Å². The lowest BCUT2D eigenvalue weighted by Crippen LogP contribution is -2.58. The number of aromatic nitrogens is 2. The molecule has 3 aliphatic carbocycles. The number of carbonyl (C=O) groups excluding carboxylic acids is 1. The minimum Gasteiger partial charge on any atom is -0.376 e. The molecule has 0 radical (unpaired) electrons. The van der Waals surface area contributed by atoms with Crippen molar-refractivity contribution in [2.75, 3.05) is 26.0 Å². The summed E-state index contributed by atoms with van der Waals surface area (Å²) in [5.74, 6) is -0.739. The molecule has 3 heterocycles. The number of fused-ring (bicyclic) bond motifs is 2. The predicted molar refractivity (Wildman–Crippen MR) is 169 cm³/mol. The second kappa shape index (κ2) is 13.1. The fourth-order valence-electron chi connectivity index (χ4n) is 8.86. The van der Waals surface area contributed by atoms with Crippen LogP contribution < -0.4 is 16.6 Å². The number of hydrogen-bond donors (Lipinski definition) is 2. The molecule has 1 aromatic rings. The van der Waals surface area contributed by atoms with Crippen LogP contribution in [0.1, 0.15) is 69.0 Å². The van der Waals surface area contributed by atoms with Gasteiger partial charge in [-0.2, -0.15) is 11.8 Å². The standard InChI is InChI=1S/C32H48ClF2N5O3S/c1-17-10-23(29-28(37-17)25(16-44-29)30(36)41)22-11-20(33)4-7-27(22)43-9-8-40-18(2)38-26-6-5-21(12-24(26)31(40)42)39(3)15-19-13-32(34,35)14-19/h17,19-23,25,27-29,37H,4-16H2,1-3H3,(H2,36,41). The third-order valence-corrected chi connectivity index (χ3v) is 13.1. The van der Waals surface area contributed by atoms with Crippen molar-refractivity contribution in [1.82, 2.24) is 19.8 Å². The summed E-state index contributed by atoms with van der Waals surface area (Å²) in [4.78, 5) is 32.9. The van der Waals surface area contributed by atoms with E-state index in [1.807, 2.05) is 25.7 Å². The van der Waals surface area contributed by atoms with Gasteiger partial charge in [0.25, 0.3) is 5.56 Å². The Hall–Kier alpha value is -1.27. The zero-order valence-electron chi connectivity index (χ0n) is 26.2. The van der Waals surface area contributed by atoms with Gasteiger partial charge in [0.15, 0.2) is 0 Å². The van der Waals surface area contributed by atoms with Crippen LogP contribution in [0.25, 0.3) is 0 Å². The van der Waals surface area contributed by atoms with Crippen molar-refractivity contribution in [1.29, 1.82) is 0 Å². The Morgan fingerprint density at radius 1 is 1.25 bits per heavy atom. The van der Waals surface area contributed by atoms with Crippen LogP contribution in [0.3, 0.4) is 0 Å². The van der Waals surface area contributed by atoms with Gasteiger partial charge in [0, 0.05) is 59.5 Å². The fourth-order valence-corrected chi connectivity index (χ4v) is 11.0. The molecular weight excluding hydrogens is 608 g/mol. The van der Waals surface area contributed by atoms with E-state index in [9.17, 15) is 18.4 Å². The normalized spacial score (nSPS) is 36.9. The Bertz CT molecular complexity index is 1280. The quantitative estimate of drug-likeness (QED) is 0.391. The third-order valence-electron chi connectivity index (χ3n) is 11.1. The monoisotopic (exact) mass is 655 g/mol. The van der Waals surface area contributed by atoms with Gasteiger partial charge in [0.1, 0.15) is 5.82 Å². The summed E-state index contributed by atoms with van der Waals surface area (Å²) in [7, 11) is 2.00. The van der Waals surface area contributed by atoms with Gasteiger partial charge in [-0.3, -0.25) is 14.2 Å². The van der Waals surface area contributed by atoms with Gasteiger partial charge in [-0.05, 0) is 83.6 Å². The molecule has 1 amide bonds. The van der Waals surface area contributed by atoms with Crippen molar-refractivity contribution in [2.45, 2.75) is 119 Å².